The highest BCUT2D eigenvalue weighted by atomic mass is 35.5. The Hall–Kier alpha value is -2.84. The third kappa shape index (κ3) is 6.89. The Morgan fingerprint density at radius 2 is 1.75 bits per heavy atom. The molecule has 1 heterocycles. The second-order valence-electron chi connectivity index (χ2n) is 9.33. The summed E-state index contributed by atoms with van der Waals surface area (Å²) >= 11 is 7.57. The fraction of sp³-hybridized carbons (Fsp3) is 0.407. The van der Waals surface area contributed by atoms with Crippen LogP contribution in [0, 0.1) is 26.7 Å². The number of thioether (sulfide) groups is 1. The number of anilines is 1. The molecule has 0 spiro atoms. The van der Waals surface area contributed by atoms with Crippen molar-refractivity contribution in [1.82, 2.24) is 20.1 Å². The SMILES string of the molecule is CCn1c(SCC(=O)Nc2c(C)cc(C)cc2C)nnc1[C@H](CC(C)C)NC(=O)c1ccccc1Cl. The second-order valence-corrected chi connectivity index (χ2v) is 10.7. The quantitative estimate of drug-likeness (QED) is 0.310. The van der Waals surface area contributed by atoms with Gasteiger partial charge in [-0.1, -0.05) is 67.0 Å². The van der Waals surface area contributed by atoms with E-state index in [4.69, 9.17) is 11.6 Å². The van der Waals surface area contributed by atoms with Crippen LogP contribution in [0.5, 0.6) is 0 Å². The molecule has 7 nitrogen and oxygen atoms in total. The van der Waals surface area contributed by atoms with Crippen molar-refractivity contribution >= 4 is 40.9 Å². The molecule has 3 rings (SSSR count). The molecule has 2 N–H and O–H groups in total. The minimum atomic E-state index is -0.345. The number of nitrogens with one attached hydrogen (secondary N) is 2. The molecule has 1 atom stereocenters. The summed E-state index contributed by atoms with van der Waals surface area (Å²) in [5.41, 5.74) is 4.51. The average Bonchev–Trinajstić information content (AvgIpc) is 3.22. The van der Waals surface area contributed by atoms with E-state index in [2.05, 4.69) is 46.8 Å². The lowest BCUT2D eigenvalue weighted by Gasteiger charge is -2.21. The summed E-state index contributed by atoms with van der Waals surface area (Å²) in [6.07, 6.45) is 0.686. The first-order valence-electron chi connectivity index (χ1n) is 12.1. The lowest BCUT2D eigenvalue weighted by Crippen LogP contribution is -2.31. The summed E-state index contributed by atoms with van der Waals surface area (Å²) < 4.78 is 1.96. The standard InChI is InChI=1S/C27H34ClN5O2S/c1-7-33-25(22(12-16(2)3)29-26(35)20-10-8-9-11-21(20)28)31-32-27(33)36-15-23(34)30-24-18(5)13-17(4)14-19(24)6/h8-11,13-14,16,22H,7,12,15H2,1-6H3,(H,29,35)(H,30,34)/t22-/m0/s1. The van der Waals surface area contributed by atoms with E-state index < -0.39 is 0 Å². The van der Waals surface area contributed by atoms with E-state index in [0.29, 0.717) is 40.5 Å². The zero-order valence-electron chi connectivity index (χ0n) is 21.7. The van der Waals surface area contributed by atoms with E-state index in [1.165, 1.54) is 17.3 Å². The second kappa shape index (κ2) is 12.4. The molecule has 9 heteroatoms. The number of hydrogen-bond donors (Lipinski definition) is 2. The molecule has 0 aliphatic rings. The van der Waals surface area contributed by atoms with Gasteiger partial charge >= 0.3 is 0 Å². The van der Waals surface area contributed by atoms with Gasteiger partial charge in [-0.05, 0) is 63.3 Å². The molecule has 1 aromatic heterocycles. The molecule has 0 aliphatic heterocycles. The Balaban J connectivity index is 1.75. The first-order valence-corrected chi connectivity index (χ1v) is 13.5. The molecule has 3 aromatic rings. The normalized spacial score (nSPS) is 12.0. The van der Waals surface area contributed by atoms with Crippen LogP contribution in [-0.4, -0.2) is 32.3 Å². The molecule has 0 fully saturated rings. The highest BCUT2D eigenvalue weighted by molar-refractivity contribution is 7.99. The molecular formula is C27H34ClN5O2S. The maximum atomic E-state index is 13.0. The Kier molecular flexibility index (Phi) is 9.56. The van der Waals surface area contributed by atoms with Crippen LogP contribution >= 0.6 is 23.4 Å². The summed E-state index contributed by atoms with van der Waals surface area (Å²) in [4.78, 5) is 25.7. The van der Waals surface area contributed by atoms with Gasteiger partial charge in [-0.2, -0.15) is 0 Å². The number of halogens is 1. The molecule has 2 aromatic carbocycles. The molecule has 192 valence electrons. The Bertz CT molecular complexity index is 1220. The van der Waals surface area contributed by atoms with Crippen LogP contribution in [0.3, 0.4) is 0 Å². The van der Waals surface area contributed by atoms with Gasteiger partial charge in [0, 0.05) is 12.2 Å². The minimum Gasteiger partial charge on any atom is -0.342 e. The van der Waals surface area contributed by atoms with Gasteiger partial charge in [0.15, 0.2) is 11.0 Å². The van der Waals surface area contributed by atoms with Gasteiger partial charge in [-0.3, -0.25) is 9.59 Å². The largest absolute Gasteiger partial charge is 0.342 e. The van der Waals surface area contributed by atoms with Gasteiger partial charge in [-0.25, -0.2) is 0 Å². The van der Waals surface area contributed by atoms with Gasteiger partial charge in [0.1, 0.15) is 0 Å². The van der Waals surface area contributed by atoms with Crippen molar-refractivity contribution in [3.8, 4) is 0 Å². The van der Waals surface area contributed by atoms with Gasteiger partial charge in [0.05, 0.1) is 22.4 Å². The maximum absolute atomic E-state index is 13.0. The number of rotatable bonds is 10. The van der Waals surface area contributed by atoms with Crippen molar-refractivity contribution < 1.29 is 9.59 Å². The van der Waals surface area contributed by atoms with Crippen molar-refractivity contribution in [3.05, 3.63) is 69.5 Å². The summed E-state index contributed by atoms with van der Waals surface area (Å²) in [6, 6.07) is 10.7. The van der Waals surface area contributed by atoms with E-state index in [1.807, 2.05) is 32.3 Å². The Morgan fingerprint density at radius 3 is 2.36 bits per heavy atom. The average molecular weight is 528 g/mol. The molecule has 2 amide bonds. The van der Waals surface area contributed by atoms with Crippen molar-refractivity contribution in [3.63, 3.8) is 0 Å². The van der Waals surface area contributed by atoms with Gasteiger partial charge in [0.2, 0.25) is 5.91 Å². The van der Waals surface area contributed by atoms with Crippen LogP contribution in [0.15, 0.2) is 41.6 Å². The summed E-state index contributed by atoms with van der Waals surface area (Å²) in [7, 11) is 0. The number of amides is 2. The van der Waals surface area contributed by atoms with Crippen LogP contribution in [0.4, 0.5) is 5.69 Å². The molecule has 0 aliphatic carbocycles. The van der Waals surface area contributed by atoms with E-state index in [-0.39, 0.29) is 23.6 Å². The smallest absolute Gasteiger partial charge is 0.253 e. The Labute approximate surface area is 222 Å². The Morgan fingerprint density at radius 1 is 1.08 bits per heavy atom. The monoisotopic (exact) mass is 527 g/mol. The lowest BCUT2D eigenvalue weighted by atomic mass is 10.0. The maximum Gasteiger partial charge on any atom is 0.253 e. The highest BCUT2D eigenvalue weighted by Gasteiger charge is 2.25. The predicted molar refractivity (Wildman–Crippen MR) is 147 cm³/mol. The summed E-state index contributed by atoms with van der Waals surface area (Å²) in [6.45, 7) is 12.8. The van der Waals surface area contributed by atoms with Crippen molar-refractivity contribution in [2.45, 2.75) is 65.7 Å². The minimum absolute atomic E-state index is 0.104. The zero-order valence-corrected chi connectivity index (χ0v) is 23.3. The first-order chi connectivity index (χ1) is 17.1. The highest BCUT2D eigenvalue weighted by Crippen LogP contribution is 2.27. The number of nitrogens with zero attached hydrogens (tertiary/aromatic N) is 3. The van der Waals surface area contributed by atoms with E-state index in [0.717, 1.165) is 16.8 Å². The number of carbonyl (C=O) groups is 2. The fourth-order valence-electron chi connectivity index (χ4n) is 4.23. The number of aryl methyl sites for hydroxylation is 3. The third-order valence-corrected chi connectivity index (χ3v) is 7.07. The molecule has 0 saturated heterocycles. The number of benzene rings is 2. The number of carbonyl (C=O) groups excluding carboxylic acids is 2. The lowest BCUT2D eigenvalue weighted by molar-refractivity contribution is -0.113. The van der Waals surface area contributed by atoms with Gasteiger partial charge in [0.25, 0.3) is 5.91 Å². The summed E-state index contributed by atoms with van der Waals surface area (Å²) in [5, 5.41) is 15.9. The fourth-order valence-corrected chi connectivity index (χ4v) is 5.26. The van der Waals surface area contributed by atoms with Crippen LogP contribution in [0.1, 0.15) is 66.1 Å². The van der Waals surface area contributed by atoms with Crippen molar-refractivity contribution in [2.24, 2.45) is 5.92 Å². The van der Waals surface area contributed by atoms with E-state index >= 15 is 0 Å². The zero-order chi connectivity index (χ0) is 26.4. The molecule has 0 saturated carbocycles. The van der Waals surface area contributed by atoms with Crippen molar-refractivity contribution in [1.29, 1.82) is 0 Å². The molecule has 0 radical (unpaired) electrons. The first kappa shape index (κ1) is 27.7. The van der Waals surface area contributed by atoms with Crippen LogP contribution in [0.2, 0.25) is 5.02 Å². The summed E-state index contributed by atoms with van der Waals surface area (Å²) in [5.74, 6) is 0.819. The molecule has 0 unspecified atom stereocenters. The van der Waals surface area contributed by atoms with Gasteiger partial charge < -0.3 is 15.2 Å². The molecular weight excluding hydrogens is 494 g/mol. The molecule has 36 heavy (non-hydrogen) atoms. The van der Waals surface area contributed by atoms with Crippen LogP contribution < -0.4 is 10.6 Å². The van der Waals surface area contributed by atoms with E-state index in [9.17, 15) is 9.59 Å². The van der Waals surface area contributed by atoms with Crippen molar-refractivity contribution in [2.75, 3.05) is 11.1 Å². The number of hydrogen-bond acceptors (Lipinski definition) is 5. The number of aromatic nitrogens is 3. The molecule has 0 bridgehead atoms. The third-order valence-electron chi connectivity index (χ3n) is 5.78. The predicted octanol–water partition coefficient (Wildman–Crippen LogP) is 6.12. The van der Waals surface area contributed by atoms with Gasteiger partial charge in [-0.15, -0.1) is 10.2 Å². The van der Waals surface area contributed by atoms with E-state index in [1.54, 1.807) is 24.3 Å². The van der Waals surface area contributed by atoms with Crippen LogP contribution in [0.25, 0.3) is 0 Å². The topological polar surface area (TPSA) is 88.9 Å². The van der Waals surface area contributed by atoms with Crippen LogP contribution in [-0.2, 0) is 11.3 Å².